The van der Waals surface area contributed by atoms with Gasteiger partial charge in [0.2, 0.25) is 5.91 Å². The Labute approximate surface area is 191 Å². The van der Waals surface area contributed by atoms with Crippen LogP contribution in [0.5, 0.6) is 5.75 Å². The third-order valence-corrected chi connectivity index (χ3v) is 6.82. The minimum Gasteiger partial charge on any atom is -0.507 e. The average molecular weight is 476 g/mol. The van der Waals surface area contributed by atoms with Crippen molar-refractivity contribution in [3.05, 3.63) is 23.3 Å². The second-order valence-corrected chi connectivity index (χ2v) is 12.9. The van der Waals surface area contributed by atoms with E-state index in [2.05, 4.69) is 46.9 Å². The molecule has 31 heavy (non-hydrogen) atoms. The fourth-order valence-corrected chi connectivity index (χ4v) is 4.27. The molecule has 3 N–H and O–H groups in total. The van der Waals surface area contributed by atoms with E-state index >= 15 is 0 Å². The summed E-state index contributed by atoms with van der Waals surface area (Å²) in [6, 6.07) is 4.03. The van der Waals surface area contributed by atoms with Crippen LogP contribution in [0.25, 0.3) is 0 Å². The van der Waals surface area contributed by atoms with Gasteiger partial charge in [-0.05, 0) is 29.9 Å². The van der Waals surface area contributed by atoms with Crippen LogP contribution in [0, 0.1) is 0 Å². The van der Waals surface area contributed by atoms with E-state index in [1.807, 2.05) is 26.0 Å². The van der Waals surface area contributed by atoms with Crippen LogP contribution in [-0.2, 0) is 30.5 Å². The minimum atomic E-state index is -4.11. The number of nitrogens with one attached hydrogen (secondary N) is 1. The van der Waals surface area contributed by atoms with Crippen molar-refractivity contribution in [2.24, 2.45) is 0 Å². The summed E-state index contributed by atoms with van der Waals surface area (Å²) in [5.74, 6) is -0.640. The van der Waals surface area contributed by atoms with Gasteiger partial charge in [-0.15, -0.1) is 11.8 Å². The first-order valence-electron chi connectivity index (χ1n) is 10.3. The van der Waals surface area contributed by atoms with Gasteiger partial charge >= 0.3 is 0 Å². The van der Waals surface area contributed by atoms with Gasteiger partial charge in [0.25, 0.3) is 10.1 Å². The summed E-state index contributed by atoms with van der Waals surface area (Å²) in [5.41, 5.74) is 1.35. The van der Waals surface area contributed by atoms with Crippen LogP contribution in [0.4, 0.5) is 0 Å². The zero-order chi connectivity index (χ0) is 24.2. The summed E-state index contributed by atoms with van der Waals surface area (Å²) < 4.78 is 35.7. The Morgan fingerprint density at radius 1 is 1.10 bits per heavy atom. The van der Waals surface area contributed by atoms with E-state index in [9.17, 15) is 18.3 Å². The third-order valence-electron chi connectivity index (χ3n) is 4.84. The van der Waals surface area contributed by atoms with Crippen molar-refractivity contribution in [3.8, 4) is 5.75 Å². The Balaban J connectivity index is 2.84. The summed E-state index contributed by atoms with van der Waals surface area (Å²) in [7, 11) is -4.11. The molecular formula is C22H37NO6S2. The highest BCUT2D eigenvalue weighted by Gasteiger charge is 2.27. The first-order chi connectivity index (χ1) is 13.9. The maximum Gasteiger partial charge on any atom is 0.266 e. The Bertz CT molecular complexity index is 834. The van der Waals surface area contributed by atoms with E-state index in [0.717, 1.165) is 16.0 Å². The molecule has 0 saturated carbocycles. The second kappa shape index (κ2) is 10.6. The van der Waals surface area contributed by atoms with Gasteiger partial charge in [0.1, 0.15) is 12.4 Å². The number of amides is 1. The van der Waals surface area contributed by atoms with Gasteiger partial charge in [-0.25, -0.2) is 0 Å². The van der Waals surface area contributed by atoms with Crippen LogP contribution < -0.4 is 5.32 Å². The third kappa shape index (κ3) is 9.39. The van der Waals surface area contributed by atoms with Crippen LogP contribution in [0.15, 0.2) is 17.0 Å². The van der Waals surface area contributed by atoms with Crippen molar-refractivity contribution in [1.82, 2.24) is 5.32 Å². The molecule has 9 heteroatoms. The first-order valence-corrected chi connectivity index (χ1v) is 12.8. The van der Waals surface area contributed by atoms with Crippen molar-refractivity contribution in [2.75, 3.05) is 18.9 Å². The first kappa shape index (κ1) is 27.7. The smallest absolute Gasteiger partial charge is 0.266 e. The molecule has 0 spiro atoms. The molecule has 0 saturated heterocycles. The van der Waals surface area contributed by atoms with Gasteiger partial charge in [-0.1, -0.05) is 48.5 Å². The molecule has 0 fully saturated rings. The molecule has 178 valence electrons. The number of hydrogen-bond donors (Lipinski definition) is 3. The van der Waals surface area contributed by atoms with E-state index in [4.69, 9.17) is 9.29 Å². The van der Waals surface area contributed by atoms with Gasteiger partial charge in [0, 0.05) is 27.8 Å². The number of phenolic OH excluding ortho intramolecular Hbond substituents is 1. The summed E-state index contributed by atoms with van der Waals surface area (Å²) in [6.45, 7) is 15.9. The summed E-state index contributed by atoms with van der Waals surface area (Å²) in [6.07, 6.45) is -0.248. The van der Waals surface area contributed by atoms with Crippen LogP contribution in [0.2, 0.25) is 0 Å². The Kier molecular flexibility index (Phi) is 9.44. The Morgan fingerprint density at radius 3 is 2.00 bits per heavy atom. The van der Waals surface area contributed by atoms with Gasteiger partial charge in [0.05, 0.1) is 11.9 Å². The fraction of sp³-hybridized carbons (Fsp3) is 0.682. The number of aromatic hydroxyl groups is 1. The van der Waals surface area contributed by atoms with Crippen molar-refractivity contribution in [1.29, 1.82) is 0 Å². The molecule has 0 unspecified atom stereocenters. The van der Waals surface area contributed by atoms with E-state index in [1.165, 1.54) is 0 Å². The number of carbonyl (C=O) groups is 1. The normalized spacial score (nSPS) is 14.9. The van der Waals surface area contributed by atoms with E-state index in [-0.39, 0.29) is 35.3 Å². The molecule has 0 aliphatic carbocycles. The maximum absolute atomic E-state index is 11.8. The van der Waals surface area contributed by atoms with E-state index < -0.39 is 21.8 Å². The number of hydrogen-bond acceptors (Lipinski definition) is 6. The van der Waals surface area contributed by atoms with Crippen LogP contribution in [-0.4, -0.2) is 54.2 Å². The molecule has 0 aliphatic heterocycles. The number of phenols is 1. The number of thioether (sulfide) groups is 1. The molecule has 0 radical (unpaired) electrons. The van der Waals surface area contributed by atoms with Gasteiger partial charge < -0.3 is 15.2 Å². The standard InChI is InChI=1S/C22H37NO6S2/c1-14(29-13-19(24)23-9-10-31(26,27)28)15(2)30-16-11-17(21(3,4)5)20(25)18(12-16)22(6,7)8/h11-12,14-15,25H,9-10,13H2,1-8H3,(H,23,24)(H,26,27,28)/t14-,15-/m0/s1. The SMILES string of the molecule is C[C@H](OCC(=O)NCCS(=O)(=O)O)[C@H](C)Sc1cc(C(C)(C)C)c(O)c(C(C)(C)C)c1. The number of carbonyl (C=O) groups excluding carboxylic acids is 1. The highest BCUT2D eigenvalue weighted by atomic mass is 32.2. The Morgan fingerprint density at radius 2 is 1.58 bits per heavy atom. The van der Waals surface area contributed by atoms with Crippen LogP contribution in [0.3, 0.4) is 0 Å². The maximum atomic E-state index is 11.8. The molecule has 0 heterocycles. The number of benzene rings is 1. The monoisotopic (exact) mass is 475 g/mol. The molecule has 0 aromatic heterocycles. The van der Waals surface area contributed by atoms with Crippen molar-refractivity contribution < 1.29 is 27.6 Å². The predicted octanol–water partition coefficient (Wildman–Crippen LogP) is 3.88. The molecular weight excluding hydrogens is 438 g/mol. The Hall–Kier alpha value is -1.29. The molecule has 2 atom stereocenters. The van der Waals surface area contributed by atoms with Crippen LogP contribution in [0.1, 0.15) is 66.5 Å². The molecule has 7 nitrogen and oxygen atoms in total. The van der Waals surface area contributed by atoms with Gasteiger partial charge in [0.15, 0.2) is 0 Å². The average Bonchev–Trinajstić information content (AvgIpc) is 2.57. The van der Waals surface area contributed by atoms with E-state index in [1.54, 1.807) is 11.8 Å². The molecule has 1 aromatic rings. The quantitative estimate of drug-likeness (QED) is 0.367. The summed E-state index contributed by atoms with van der Waals surface area (Å²) in [4.78, 5) is 12.8. The highest BCUT2D eigenvalue weighted by molar-refractivity contribution is 8.00. The van der Waals surface area contributed by atoms with Gasteiger partial charge in [-0.2, -0.15) is 8.42 Å². The lowest BCUT2D eigenvalue weighted by Gasteiger charge is -2.29. The molecule has 1 rings (SSSR count). The fourth-order valence-electron chi connectivity index (χ4n) is 2.84. The largest absolute Gasteiger partial charge is 0.507 e. The zero-order valence-corrected chi connectivity index (χ0v) is 21.4. The summed E-state index contributed by atoms with van der Waals surface area (Å²) >= 11 is 1.61. The lowest BCUT2D eigenvalue weighted by atomic mass is 9.79. The van der Waals surface area contributed by atoms with Crippen molar-refractivity contribution in [2.45, 2.75) is 82.5 Å². The second-order valence-electron chi connectivity index (χ2n) is 9.84. The summed E-state index contributed by atoms with van der Waals surface area (Å²) in [5, 5.41) is 13.3. The lowest BCUT2D eigenvalue weighted by Crippen LogP contribution is -2.34. The van der Waals surface area contributed by atoms with Crippen molar-refractivity contribution >= 4 is 27.8 Å². The highest BCUT2D eigenvalue weighted by Crippen LogP contribution is 2.42. The topological polar surface area (TPSA) is 113 Å². The molecule has 0 aliphatic rings. The molecule has 0 bridgehead atoms. The zero-order valence-electron chi connectivity index (χ0n) is 19.8. The lowest BCUT2D eigenvalue weighted by molar-refractivity contribution is -0.127. The number of rotatable bonds is 9. The van der Waals surface area contributed by atoms with Gasteiger partial charge in [-0.3, -0.25) is 9.35 Å². The molecule has 1 amide bonds. The van der Waals surface area contributed by atoms with Crippen molar-refractivity contribution in [3.63, 3.8) is 0 Å². The number of ether oxygens (including phenoxy) is 1. The predicted molar refractivity (Wildman–Crippen MR) is 126 cm³/mol. The van der Waals surface area contributed by atoms with Crippen LogP contribution >= 0.6 is 11.8 Å². The molecule has 1 aromatic carbocycles. The minimum absolute atomic E-state index is 0.0239. The van der Waals surface area contributed by atoms with E-state index in [0.29, 0.717) is 5.75 Å².